The van der Waals surface area contributed by atoms with E-state index in [1.165, 1.54) is 11.1 Å². The van der Waals surface area contributed by atoms with E-state index >= 15 is 0 Å². The minimum atomic E-state index is -4.62. The number of piperidine rings is 1. The van der Waals surface area contributed by atoms with E-state index in [0.717, 1.165) is 44.8 Å². The molecule has 1 saturated heterocycles. The van der Waals surface area contributed by atoms with Crippen LogP contribution in [0.5, 0.6) is 0 Å². The first-order valence-electron chi connectivity index (χ1n) is 10.9. The van der Waals surface area contributed by atoms with Crippen molar-refractivity contribution in [3.05, 3.63) is 41.5 Å². The highest BCUT2D eigenvalue weighted by Crippen LogP contribution is 2.38. The fourth-order valence-corrected chi connectivity index (χ4v) is 4.18. The predicted molar refractivity (Wildman–Crippen MR) is 115 cm³/mol. The number of alkyl halides is 3. The third-order valence-corrected chi connectivity index (χ3v) is 5.88. The molecule has 2 aromatic rings. The molecule has 0 saturated carbocycles. The number of amides is 1. The molecule has 0 spiro atoms. The Labute approximate surface area is 184 Å². The summed E-state index contributed by atoms with van der Waals surface area (Å²) >= 11 is 0. The number of hydrogen-bond donors (Lipinski definition) is 3. The number of allylic oxidation sites excluding steroid dienone is 1. The maximum absolute atomic E-state index is 13.9. The zero-order valence-corrected chi connectivity index (χ0v) is 17.9. The highest BCUT2D eigenvalue weighted by Gasteiger charge is 2.37. The van der Waals surface area contributed by atoms with Crippen LogP contribution >= 0.6 is 0 Å². The summed E-state index contributed by atoms with van der Waals surface area (Å²) in [4.78, 5) is 25.5. The van der Waals surface area contributed by atoms with Crippen molar-refractivity contribution in [1.29, 1.82) is 0 Å². The molecule has 7 nitrogen and oxygen atoms in total. The molecule has 1 unspecified atom stereocenters. The highest BCUT2D eigenvalue weighted by atomic mass is 19.4. The van der Waals surface area contributed by atoms with Crippen molar-refractivity contribution in [2.45, 2.75) is 50.7 Å². The fourth-order valence-electron chi connectivity index (χ4n) is 4.18. The van der Waals surface area contributed by atoms with E-state index in [-0.39, 0.29) is 23.6 Å². The molecule has 3 N–H and O–H groups in total. The van der Waals surface area contributed by atoms with Crippen LogP contribution in [0.3, 0.4) is 0 Å². The summed E-state index contributed by atoms with van der Waals surface area (Å²) in [5, 5.41) is 6.41. The molecule has 0 bridgehead atoms. The first-order valence-corrected chi connectivity index (χ1v) is 10.9. The highest BCUT2D eigenvalue weighted by molar-refractivity contribution is 5.96. The molecule has 4 heterocycles. The summed E-state index contributed by atoms with van der Waals surface area (Å²) < 4.78 is 41.6. The lowest BCUT2D eigenvalue weighted by atomic mass is 9.98. The number of H-pyrrole nitrogens is 1. The van der Waals surface area contributed by atoms with Crippen LogP contribution in [-0.2, 0) is 12.6 Å². The minimum Gasteiger partial charge on any atom is -0.356 e. The van der Waals surface area contributed by atoms with Gasteiger partial charge < -0.3 is 20.5 Å². The van der Waals surface area contributed by atoms with E-state index < -0.39 is 11.7 Å². The van der Waals surface area contributed by atoms with Crippen LogP contribution in [-0.4, -0.2) is 51.9 Å². The summed E-state index contributed by atoms with van der Waals surface area (Å²) in [5.41, 5.74) is 0.0352. The van der Waals surface area contributed by atoms with Gasteiger partial charge in [-0.3, -0.25) is 4.79 Å². The Kier molecular flexibility index (Phi) is 6.50. The molecule has 10 heteroatoms. The van der Waals surface area contributed by atoms with Crippen molar-refractivity contribution in [2.24, 2.45) is 0 Å². The molecule has 4 rings (SSSR count). The van der Waals surface area contributed by atoms with Gasteiger partial charge in [-0.1, -0.05) is 6.08 Å². The summed E-state index contributed by atoms with van der Waals surface area (Å²) in [6, 6.07) is 0.0504. The van der Waals surface area contributed by atoms with Gasteiger partial charge in [0, 0.05) is 43.8 Å². The number of hydrogen-bond acceptors (Lipinski definition) is 5. The Balaban J connectivity index is 1.77. The van der Waals surface area contributed by atoms with Gasteiger partial charge in [-0.2, -0.15) is 13.2 Å². The second kappa shape index (κ2) is 9.32. The average molecular weight is 448 g/mol. The lowest BCUT2D eigenvalue weighted by Gasteiger charge is -2.24. The third kappa shape index (κ3) is 4.79. The number of rotatable bonds is 3. The van der Waals surface area contributed by atoms with E-state index in [9.17, 15) is 18.0 Å². The van der Waals surface area contributed by atoms with Crippen LogP contribution in [0.1, 0.15) is 53.7 Å². The molecular formula is C22H27F3N6O. The zero-order chi connectivity index (χ0) is 22.7. The van der Waals surface area contributed by atoms with Gasteiger partial charge in [0.2, 0.25) is 5.95 Å². The van der Waals surface area contributed by atoms with E-state index in [1.54, 1.807) is 13.2 Å². The second-order valence-electron chi connectivity index (χ2n) is 8.24. The molecule has 1 fully saturated rings. The van der Waals surface area contributed by atoms with Gasteiger partial charge >= 0.3 is 6.18 Å². The summed E-state index contributed by atoms with van der Waals surface area (Å²) in [6.45, 7) is 1.62. The second-order valence-corrected chi connectivity index (χ2v) is 8.24. The Morgan fingerprint density at radius 2 is 2.09 bits per heavy atom. The van der Waals surface area contributed by atoms with Gasteiger partial charge in [0.15, 0.2) is 0 Å². The van der Waals surface area contributed by atoms with Crippen molar-refractivity contribution >= 4 is 11.9 Å². The molecule has 0 radical (unpaired) electrons. The average Bonchev–Trinajstić information content (AvgIpc) is 3.18. The van der Waals surface area contributed by atoms with Crippen LogP contribution in [0.25, 0.3) is 11.3 Å². The van der Waals surface area contributed by atoms with Gasteiger partial charge in [-0.15, -0.1) is 0 Å². The van der Waals surface area contributed by atoms with Crippen molar-refractivity contribution in [3.8, 4) is 11.3 Å². The number of aromatic nitrogens is 3. The van der Waals surface area contributed by atoms with E-state index in [2.05, 4.69) is 25.6 Å². The molecule has 2 aromatic heterocycles. The number of fused-ring (bicyclic) bond motifs is 1. The van der Waals surface area contributed by atoms with E-state index in [4.69, 9.17) is 0 Å². The molecule has 0 aliphatic carbocycles. The smallest absolute Gasteiger partial charge is 0.356 e. The minimum absolute atomic E-state index is 0.0504. The number of nitrogens with zero attached hydrogens (tertiary/aromatic N) is 3. The normalized spacial score (nSPS) is 20.2. The quantitative estimate of drug-likeness (QED) is 0.662. The Morgan fingerprint density at radius 3 is 2.84 bits per heavy atom. The largest absolute Gasteiger partial charge is 0.419 e. The summed E-state index contributed by atoms with van der Waals surface area (Å²) in [6.07, 6.45) is 6.07. The van der Waals surface area contributed by atoms with Crippen molar-refractivity contribution in [2.75, 3.05) is 25.5 Å². The van der Waals surface area contributed by atoms with Gasteiger partial charge in [0.1, 0.15) is 11.3 Å². The summed E-state index contributed by atoms with van der Waals surface area (Å²) in [7, 11) is 1.64. The topological polar surface area (TPSA) is 85.9 Å². The van der Waals surface area contributed by atoms with Gasteiger partial charge in [0.05, 0.1) is 5.69 Å². The van der Waals surface area contributed by atoms with Gasteiger partial charge in [-0.05, 0) is 50.6 Å². The number of carbonyl (C=O) groups is 1. The lowest BCUT2D eigenvalue weighted by molar-refractivity contribution is -0.137. The molecule has 1 atom stereocenters. The van der Waals surface area contributed by atoms with E-state index in [1.807, 2.05) is 6.08 Å². The maximum Gasteiger partial charge on any atom is 0.419 e. The van der Waals surface area contributed by atoms with Crippen LogP contribution in [0.2, 0.25) is 0 Å². The SMILES string of the molecule is CN1C=CCCCCc2c(-c3nc(NC4CCCNC4)ncc3C(F)(F)F)c[nH]c2C1=O. The van der Waals surface area contributed by atoms with Crippen LogP contribution in [0.15, 0.2) is 24.7 Å². The fraction of sp³-hybridized carbons (Fsp3) is 0.500. The lowest BCUT2D eigenvalue weighted by Crippen LogP contribution is -2.38. The summed E-state index contributed by atoms with van der Waals surface area (Å²) in [5.74, 6) is -0.137. The Hall–Kier alpha value is -2.88. The van der Waals surface area contributed by atoms with Crippen LogP contribution in [0.4, 0.5) is 19.1 Å². The molecular weight excluding hydrogens is 421 g/mol. The molecule has 2 aliphatic heterocycles. The number of halogens is 3. The zero-order valence-electron chi connectivity index (χ0n) is 17.9. The van der Waals surface area contributed by atoms with Gasteiger partial charge in [0.25, 0.3) is 5.91 Å². The Morgan fingerprint density at radius 1 is 1.25 bits per heavy atom. The third-order valence-electron chi connectivity index (χ3n) is 5.88. The molecule has 0 aromatic carbocycles. The molecule has 1 amide bonds. The predicted octanol–water partition coefficient (Wildman–Crippen LogP) is 3.97. The first-order chi connectivity index (χ1) is 15.3. The standard InChI is InChI=1S/C22H27F3N6O/c1-31-10-5-3-2-4-8-15-16(12-27-19(15)20(31)32)18-17(22(23,24)25)13-28-21(30-18)29-14-7-6-9-26-11-14/h5,10,12-14,26-27H,2-4,6-9,11H2,1H3,(H,28,29,30). The van der Waals surface area contributed by atoms with E-state index in [0.29, 0.717) is 29.8 Å². The van der Waals surface area contributed by atoms with Crippen molar-refractivity contribution in [1.82, 2.24) is 25.2 Å². The number of aromatic amines is 1. The maximum atomic E-state index is 13.9. The monoisotopic (exact) mass is 448 g/mol. The molecule has 2 aliphatic rings. The van der Waals surface area contributed by atoms with Crippen LogP contribution < -0.4 is 10.6 Å². The Bertz CT molecular complexity index is 994. The van der Waals surface area contributed by atoms with Crippen LogP contribution in [0, 0.1) is 0 Å². The number of carbonyl (C=O) groups excluding carboxylic acids is 1. The first kappa shape index (κ1) is 22.3. The number of anilines is 1. The molecule has 172 valence electrons. The van der Waals surface area contributed by atoms with Crippen molar-refractivity contribution < 1.29 is 18.0 Å². The molecule has 32 heavy (non-hydrogen) atoms. The number of nitrogens with one attached hydrogen (secondary N) is 3. The van der Waals surface area contributed by atoms with Crippen molar-refractivity contribution in [3.63, 3.8) is 0 Å². The van der Waals surface area contributed by atoms with Gasteiger partial charge in [-0.25, -0.2) is 9.97 Å².